The first kappa shape index (κ1) is 9.43. The maximum Gasteiger partial charge on any atom is 0.199 e. The van der Waals surface area contributed by atoms with E-state index in [1.54, 1.807) is 12.1 Å². The number of furan rings is 1. The Balaban J connectivity index is 2.77. The van der Waals surface area contributed by atoms with Crippen molar-refractivity contribution in [3.8, 4) is 17.5 Å². The van der Waals surface area contributed by atoms with Crippen LogP contribution in [0.5, 0.6) is 0 Å². The Hall–Kier alpha value is -2.13. The highest BCUT2D eigenvalue weighted by atomic mass is 32.1. The zero-order chi connectivity index (χ0) is 10.8. The number of nitrogens with one attached hydrogen (secondary N) is 1. The van der Waals surface area contributed by atoms with E-state index in [-0.39, 0.29) is 16.2 Å². The summed E-state index contributed by atoms with van der Waals surface area (Å²) >= 11 is 4.92. The number of rotatable bonds is 1. The van der Waals surface area contributed by atoms with Gasteiger partial charge in [-0.1, -0.05) is 12.2 Å². The number of nitriles is 1. The number of hydrogen-bond acceptors (Lipinski definition) is 5. The predicted octanol–water partition coefficient (Wildman–Crippen LogP) is 1.85. The van der Waals surface area contributed by atoms with Crippen molar-refractivity contribution in [1.82, 2.24) is 9.97 Å². The first-order valence-electron chi connectivity index (χ1n) is 4.06. The molecule has 0 spiro atoms. The molecule has 3 N–H and O–H groups in total. The van der Waals surface area contributed by atoms with Gasteiger partial charge in [0.15, 0.2) is 11.7 Å². The van der Waals surface area contributed by atoms with E-state index in [9.17, 15) is 0 Å². The summed E-state index contributed by atoms with van der Waals surface area (Å²) in [5.41, 5.74) is 6.22. The highest BCUT2D eigenvalue weighted by Crippen LogP contribution is 2.22. The summed E-state index contributed by atoms with van der Waals surface area (Å²) in [5, 5.41) is 8.93. The van der Waals surface area contributed by atoms with Crippen molar-refractivity contribution >= 4 is 18.2 Å². The lowest BCUT2D eigenvalue weighted by molar-refractivity contribution is 0.579. The summed E-state index contributed by atoms with van der Waals surface area (Å²) in [6, 6.07) is 5.39. The summed E-state index contributed by atoms with van der Waals surface area (Å²) in [6.45, 7) is 0. The van der Waals surface area contributed by atoms with E-state index >= 15 is 0 Å². The first-order chi connectivity index (χ1) is 7.22. The van der Waals surface area contributed by atoms with Crippen LogP contribution in [-0.4, -0.2) is 9.97 Å². The van der Waals surface area contributed by atoms with Gasteiger partial charge in [0.25, 0.3) is 0 Å². The van der Waals surface area contributed by atoms with Gasteiger partial charge in [-0.15, -0.1) is 0 Å². The summed E-state index contributed by atoms with van der Waals surface area (Å²) in [4.78, 5) is 6.54. The van der Waals surface area contributed by atoms with Crippen molar-refractivity contribution in [1.29, 1.82) is 5.26 Å². The van der Waals surface area contributed by atoms with Gasteiger partial charge in [0.1, 0.15) is 22.0 Å². The van der Waals surface area contributed by atoms with Crippen LogP contribution >= 0.6 is 12.2 Å². The molecule has 74 valence electrons. The summed E-state index contributed by atoms with van der Waals surface area (Å²) < 4.78 is 5.33. The molecule has 6 heteroatoms. The molecule has 0 aliphatic rings. The average molecular weight is 218 g/mol. The molecule has 0 saturated carbocycles. The molecule has 0 amide bonds. The third kappa shape index (κ3) is 1.60. The molecule has 0 aliphatic heterocycles. The van der Waals surface area contributed by atoms with E-state index in [2.05, 4.69) is 9.97 Å². The number of anilines is 1. The fourth-order valence-corrected chi connectivity index (χ4v) is 1.45. The summed E-state index contributed by atoms with van der Waals surface area (Å²) in [7, 11) is 0. The van der Waals surface area contributed by atoms with Crippen LogP contribution in [0.4, 0.5) is 5.95 Å². The molecule has 2 heterocycles. The van der Waals surface area contributed by atoms with Crippen molar-refractivity contribution in [2.24, 2.45) is 0 Å². The van der Waals surface area contributed by atoms with Gasteiger partial charge in [0, 0.05) is 0 Å². The summed E-state index contributed by atoms with van der Waals surface area (Å²) in [6.07, 6.45) is 1.50. The third-order valence-electron chi connectivity index (χ3n) is 1.82. The smallest absolute Gasteiger partial charge is 0.199 e. The molecule has 15 heavy (non-hydrogen) atoms. The van der Waals surface area contributed by atoms with Crippen molar-refractivity contribution in [3.05, 3.63) is 28.6 Å². The lowest BCUT2D eigenvalue weighted by atomic mass is 10.2. The molecule has 2 rings (SSSR count). The van der Waals surface area contributed by atoms with Crippen LogP contribution in [0.25, 0.3) is 11.5 Å². The molecule has 2 aromatic rings. The number of H-pyrrole nitrogens is 1. The van der Waals surface area contributed by atoms with Crippen molar-refractivity contribution in [2.45, 2.75) is 0 Å². The molecule has 0 aromatic carbocycles. The number of aromatic nitrogens is 2. The molecular formula is C9H6N4OS. The topological polar surface area (TPSA) is 91.6 Å². The maximum atomic E-state index is 8.93. The normalized spacial score (nSPS) is 9.80. The van der Waals surface area contributed by atoms with Crippen LogP contribution in [0.15, 0.2) is 22.8 Å². The van der Waals surface area contributed by atoms with Crippen LogP contribution in [0, 0.1) is 16.0 Å². The lowest BCUT2D eigenvalue weighted by Crippen LogP contribution is -1.99. The molecule has 5 nitrogen and oxygen atoms in total. The highest BCUT2D eigenvalue weighted by molar-refractivity contribution is 7.71. The number of nitrogens with zero attached hydrogens (tertiary/aromatic N) is 2. The van der Waals surface area contributed by atoms with Gasteiger partial charge in [-0.05, 0) is 12.1 Å². The molecule has 0 saturated heterocycles. The number of nitrogen functional groups attached to an aromatic ring is 1. The van der Waals surface area contributed by atoms with Crippen LogP contribution in [0.3, 0.4) is 0 Å². The van der Waals surface area contributed by atoms with Crippen LogP contribution < -0.4 is 5.73 Å². The third-order valence-corrected chi connectivity index (χ3v) is 2.11. The van der Waals surface area contributed by atoms with Gasteiger partial charge in [-0.2, -0.15) is 5.26 Å². The van der Waals surface area contributed by atoms with Gasteiger partial charge in [-0.3, -0.25) is 0 Å². The predicted molar refractivity (Wildman–Crippen MR) is 56.3 cm³/mol. The Labute approximate surface area is 90.2 Å². The zero-order valence-corrected chi connectivity index (χ0v) is 8.34. The molecule has 0 unspecified atom stereocenters. The standard InChI is InChI=1S/C9H6N4OS/c10-4-5-7(6-2-1-3-14-6)12-9(11)13-8(5)15/h1-3H,(H3,11,12,13,15). The van der Waals surface area contributed by atoms with Crippen LogP contribution in [0.1, 0.15) is 5.56 Å². The van der Waals surface area contributed by atoms with E-state index in [0.29, 0.717) is 11.5 Å². The van der Waals surface area contributed by atoms with E-state index in [1.165, 1.54) is 6.26 Å². The molecule has 0 fully saturated rings. The quantitative estimate of drug-likeness (QED) is 0.712. The Kier molecular flexibility index (Phi) is 2.23. The van der Waals surface area contributed by atoms with E-state index in [4.69, 9.17) is 27.6 Å². The van der Waals surface area contributed by atoms with Gasteiger partial charge in [-0.25, -0.2) is 4.98 Å². The maximum absolute atomic E-state index is 8.93. The monoisotopic (exact) mass is 218 g/mol. The van der Waals surface area contributed by atoms with E-state index in [0.717, 1.165) is 0 Å². The largest absolute Gasteiger partial charge is 0.463 e. The van der Waals surface area contributed by atoms with Crippen molar-refractivity contribution in [3.63, 3.8) is 0 Å². The number of hydrogen-bond donors (Lipinski definition) is 2. The second kappa shape index (κ2) is 3.55. The van der Waals surface area contributed by atoms with Crippen LogP contribution in [0.2, 0.25) is 0 Å². The zero-order valence-electron chi connectivity index (χ0n) is 7.52. The summed E-state index contributed by atoms with van der Waals surface area (Å²) in [5.74, 6) is 0.664. The van der Waals surface area contributed by atoms with Crippen LogP contribution in [-0.2, 0) is 0 Å². The highest BCUT2D eigenvalue weighted by Gasteiger charge is 2.11. The fourth-order valence-electron chi connectivity index (χ4n) is 1.20. The van der Waals surface area contributed by atoms with Crippen molar-refractivity contribution in [2.75, 3.05) is 5.73 Å². The Morgan fingerprint density at radius 1 is 1.60 bits per heavy atom. The Morgan fingerprint density at radius 3 is 3.00 bits per heavy atom. The first-order valence-corrected chi connectivity index (χ1v) is 4.47. The molecule has 0 aliphatic carbocycles. The lowest BCUT2D eigenvalue weighted by Gasteiger charge is -2.01. The van der Waals surface area contributed by atoms with E-state index < -0.39 is 0 Å². The minimum Gasteiger partial charge on any atom is -0.463 e. The molecule has 0 atom stereocenters. The minimum absolute atomic E-state index is 0.158. The molecular weight excluding hydrogens is 212 g/mol. The van der Waals surface area contributed by atoms with Gasteiger partial charge >= 0.3 is 0 Å². The fraction of sp³-hybridized carbons (Fsp3) is 0. The number of nitrogens with two attached hydrogens (primary N) is 1. The molecule has 0 bridgehead atoms. The second-order valence-electron chi connectivity index (χ2n) is 2.77. The minimum atomic E-state index is 0.158. The van der Waals surface area contributed by atoms with Gasteiger partial charge in [0.2, 0.25) is 0 Å². The molecule has 2 aromatic heterocycles. The molecule has 0 radical (unpaired) electrons. The SMILES string of the molecule is N#Cc1c(-c2ccco2)[nH]c(N)nc1=S. The Morgan fingerprint density at radius 2 is 2.40 bits per heavy atom. The number of aromatic amines is 1. The van der Waals surface area contributed by atoms with Crippen molar-refractivity contribution < 1.29 is 4.42 Å². The second-order valence-corrected chi connectivity index (χ2v) is 3.15. The van der Waals surface area contributed by atoms with Gasteiger partial charge in [0.05, 0.1) is 6.26 Å². The van der Waals surface area contributed by atoms with Gasteiger partial charge < -0.3 is 15.1 Å². The Bertz CT molecular complexity index is 579. The van der Waals surface area contributed by atoms with E-state index in [1.807, 2.05) is 6.07 Å². The average Bonchev–Trinajstić information content (AvgIpc) is 2.69.